The van der Waals surface area contributed by atoms with Gasteiger partial charge in [0.25, 0.3) is 15.9 Å². The second-order valence-electron chi connectivity index (χ2n) is 5.54. The highest BCUT2D eigenvalue weighted by molar-refractivity contribution is 7.92. The smallest absolute Gasteiger partial charge is 0.261 e. The molecule has 2 aromatic rings. The fourth-order valence-corrected chi connectivity index (χ4v) is 3.67. The van der Waals surface area contributed by atoms with Crippen molar-refractivity contribution in [2.24, 2.45) is 0 Å². The maximum Gasteiger partial charge on any atom is 0.261 e. The normalized spacial score (nSPS) is 15.0. The third-order valence-electron chi connectivity index (χ3n) is 3.78. The minimum Gasteiger partial charge on any atom is -0.378 e. The van der Waals surface area contributed by atoms with Crippen LogP contribution in [0.1, 0.15) is 10.4 Å². The van der Waals surface area contributed by atoms with Crippen LogP contribution in [0.2, 0.25) is 5.02 Å². The molecule has 1 heterocycles. The van der Waals surface area contributed by atoms with Gasteiger partial charge < -0.3 is 9.64 Å². The van der Waals surface area contributed by atoms with E-state index in [-0.39, 0.29) is 10.8 Å². The molecule has 3 rings (SSSR count). The molecule has 8 heteroatoms. The predicted octanol–water partition coefficient (Wildman–Crippen LogP) is 2.61. The van der Waals surface area contributed by atoms with Crippen molar-refractivity contribution in [3.8, 4) is 0 Å². The number of rotatable bonds is 4. The SMILES string of the molecule is O=C(c1cccc(NS(=O)(=O)c2ccc(Cl)cc2)c1)N1CCOCC1. The summed E-state index contributed by atoms with van der Waals surface area (Å²) in [6.45, 7) is 2.07. The molecule has 0 spiro atoms. The number of nitrogens with one attached hydrogen (secondary N) is 1. The minimum atomic E-state index is -3.75. The van der Waals surface area contributed by atoms with E-state index >= 15 is 0 Å². The molecule has 1 aliphatic heterocycles. The third kappa shape index (κ3) is 4.31. The lowest BCUT2D eigenvalue weighted by molar-refractivity contribution is 0.0303. The first-order valence-corrected chi connectivity index (χ1v) is 9.57. The molecule has 0 saturated carbocycles. The van der Waals surface area contributed by atoms with Crippen LogP contribution in [0.15, 0.2) is 53.4 Å². The molecule has 0 unspecified atom stereocenters. The van der Waals surface area contributed by atoms with Crippen LogP contribution in [-0.4, -0.2) is 45.5 Å². The van der Waals surface area contributed by atoms with Crippen molar-refractivity contribution in [2.75, 3.05) is 31.0 Å². The van der Waals surface area contributed by atoms with Crippen molar-refractivity contribution < 1.29 is 17.9 Å². The Morgan fingerprint density at radius 2 is 1.76 bits per heavy atom. The molecule has 1 amide bonds. The van der Waals surface area contributed by atoms with Gasteiger partial charge in [0.2, 0.25) is 0 Å². The van der Waals surface area contributed by atoms with Gasteiger partial charge in [-0.1, -0.05) is 17.7 Å². The number of benzene rings is 2. The summed E-state index contributed by atoms with van der Waals surface area (Å²) >= 11 is 5.79. The van der Waals surface area contributed by atoms with Gasteiger partial charge in [-0.25, -0.2) is 8.42 Å². The van der Waals surface area contributed by atoms with Gasteiger partial charge in [-0.05, 0) is 42.5 Å². The first-order valence-electron chi connectivity index (χ1n) is 7.71. The summed E-state index contributed by atoms with van der Waals surface area (Å²) in [6, 6.07) is 12.3. The molecular formula is C17H17ClN2O4S. The van der Waals surface area contributed by atoms with E-state index in [2.05, 4.69) is 4.72 Å². The Bertz CT molecular complexity index is 862. The van der Waals surface area contributed by atoms with Gasteiger partial charge in [0, 0.05) is 29.4 Å². The van der Waals surface area contributed by atoms with Gasteiger partial charge in [-0.15, -0.1) is 0 Å². The number of halogens is 1. The van der Waals surface area contributed by atoms with Crippen molar-refractivity contribution in [1.29, 1.82) is 0 Å². The van der Waals surface area contributed by atoms with Crippen LogP contribution >= 0.6 is 11.6 Å². The molecule has 25 heavy (non-hydrogen) atoms. The summed E-state index contributed by atoms with van der Waals surface area (Å²) in [5, 5.41) is 0.456. The summed E-state index contributed by atoms with van der Waals surface area (Å²) in [6.07, 6.45) is 0. The Morgan fingerprint density at radius 3 is 2.44 bits per heavy atom. The Kier molecular flexibility index (Phi) is 5.27. The quantitative estimate of drug-likeness (QED) is 0.884. The molecule has 0 aromatic heterocycles. The highest BCUT2D eigenvalue weighted by Gasteiger charge is 2.20. The lowest BCUT2D eigenvalue weighted by atomic mass is 10.1. The average molecular weight is 381 g/mol. The summed E-state index contributed by atoms with van der Waals surface area (Å²) < 4.78 is 32.6. The molecule has 1 aliphatic rings. The van der Waals surface area contributed by atoms with Crippen LogP contribution in [0, 0.1) is 0 Å². The van der Waals surface area contributed by atoms with E-state index in [1.807, 2.05) is 0 Å². The first kappa shape index (κ1) is 17.7. The molecule has 132 valence electrons. The lowest BCUT2D eigenvalue weighted by Crippen LogP contribution is -2.40. The van der Waals surface area contributed by atoms with E-state index in [0.717, 1.165) is 0 Å². The van der Waals surface area contributed by atoms with E-state index in [4.69, 9.17) is 16.3 Å². The summed E-state index contributed by atoms with van der Waals surface area (Å²) in [5.41, 5.74) is 0.757. The molecule has 0 bridgehead atoms. The second-order valence-corrected chi connectivity index (χ2v) is 7.66. The van der Waals surface area contributed by atoms with Gasteiger partial charge in [0.1, 0.15) is 0 Å². The van der Waals surface area contributed by atoms with Crippen LogP contribution in [0.4, 0.5) is 5.69 Å². The largest absolute Gasteiger partial charge is 0.378 e. The summed E-state index contributed by atoms with van der Waals surface area (Å²) in [5.74, 6) is -0.143. The standard InChI is InChI=1S/C17H17ClN2O4S/c18-14-4-6-16(7-5-14)25(22,23)19-15-3-1-2-13(12-15)17(21)20-8-10-24-11-9-20/h1-7,12,19H,8-11H2. The number of hydrogen-bond donors (Lipinski definition) is 1. The molecular weight excluding hydrogens is 364 g/mol. The van der Waals surface area contributed by atoms with Crippen LogP contribution in [0.3, 0.4) is 0 Å². The number of sulfonamides is 1. The highest BCUT2D eigenvalue weighted by Crippen LogP contribution is 2.20. The average Bonchev–Trinajstić information content (AvgIpc) is 2.62. The molecule has 1 saturated heterocycles. The number of ether oxygens (including phenoxy) is 1. The second kappa shape index (κ2) is 7.43. The Morgan fingerprint density at radius 1 is 1.08 bits per heavy atom. The fourth-order valence-electron chi connectivity index (χ4n) is 2.49. The molecule has 2 aromatic carbocycles. The van der Waals surface area contributed by atoms with Gasteiger partial charge in [0.15, 0.2) is 0 Å². The van der Waals surface area contributed by atoms with Gasteiger partial charge in [-0.2, -0.15) is 0 Å². The van der Waals surface area contributed by atoms with Crippen molar-refractivity contribution in [3.63, 3.8) is 0 Å². The number of anilines is 1. The molecule has 1 N–H and O–H groups in total. The van der Waals surface area contributed by atoms with Crippen LogP contribution < -0.4 is 4.72 Å². The Balaban J connectivity index is 1.79. The molecule has 0 radical (unpaired) electrons. The predicted molar refractivity (Wildman–Crippen MR) is 95.4 cm³/mol. The van der Waals surface area contributed by atoms with E-state index in [9.17, 15) is 13.2 Å². The van der Waals surface area contributed by atoms with Gasteiger partial charge in [0.05, 0.1) is 18.1 Å². The van der Waals surface area contributed by atoms with E-state index < -0.39 is 10.0 Å². The van der Waals surface area contributed by atoms with Crippen LogP contribution in [0.25, 0.3) is 0 Å². The molecule has 0 aliphatic carbocycles. The number of nitrogens with zero attached hydrogens (tertiary/aromatic N) is 1. The third-order valence-corrected chi connectivity index (χ3v) is 5.43. The van der Waals surface area contributed by atoms with Crippen molar-refractivity contribution >= 4 is 33.2 Å². The highest BCUT2D eigenvalue weighted by atomic mass is 35.5. The van der Waals surface area contributed by atoms with Crippen LogP contribution in [0.5, 0.6) is 0 Å². The lowest BCUT2D eigenvalue weighted by Gasteiger charge is -2.27. The van der Waals surface area contributed by atoms with E-state index in [1.54, 1.807) is 23.1 Å². The number of morpholine rings is 1. The van der Waals surface area contributed by atoms with E-state index in [0.29, 0.717) is 42.6 Å². The summed E-state index contributed by atoms with van der Waals surface area (Å²) in [4.78, 5) is 14.3. The number of carbonyl (C=O) groups excluding carboxylic acids is 1. The monoisotopic (exact) mass is 380 g/mol. The topological polar surface area (TPSA) is 75.7 Å². The van der Waals surface area contributed by atoms with Gasteiger partial charge in [-0.3, -0.25) is 9.52 Å². The van der Waals surface area contributed by atoms with E-state index in [1.165, 1.54) is 30.3 Å². The van der Waals surface area contributed by atoms with Crippen molar-refractivity contribution in [1.82, 2.24) is 4.90 Å². The zero-order valence-electron chi connectivity index (χ0n) is 13.3. The molecule has 1 fully saturated rings. The molecule has 6 nitrogen and oxygen atoms in total. The van der Waals surface area contributed by atoms with Crippen molar-refractivity contribution in [3.05, 3.63) is 59.1 Å². The van der Waals surface area contributed by atoms with Crippen LogP contribution in [-0.2, 0) is 14.8 Å². The fraction of sp³-hybridized carbons (Fsp3) is 0.235. The van der Waals surface area contributed by atoms with Gasteiger partial charge >= 0.3 is 0 Å². The maximum atomic E-state index is 12.5. The zero-order valence-corrected chi connectivity index (χ0v) is 14.9. The number of amides is 1. The number of carbonyl (C=O) groups is 1. The Labute approximate surface area is 151 Å². The number of hydrogen-bond acceptors (Lipinski definition) is 4. The first-order chi connectivity index (χ1) is 12.0. The van der Waals surface area contributed by atoms with Crippen molar-refractivity contribution in [2.45, 2.75) is 4.90 Å². The Hall–Kier alpha value is -2.09. The zero-order chi connectivity index (χ0) is 17.9. The molecule has 0 atom stereocenters. The summed E-state index contributed by atoms with van der Waals surface area (Å²) in [7, 11) is -3.75. The minimum absolute atomic E-state index is 0.0989. The maximum absolute atomic E-state index is 12.5.